The maximum absolute atomic E-state index is 10.8. The van der Waals surface area contributed by atoms with Crippen molar-refractivity contribution in [2.24, 2.45) is 5.92 Å². The van der Waals surface area contributed by atoms with Crippen molar-refractivity contribution in [3.63, 3.8) is 0 Å². The molecule has 0 radical (unpaired) electrons. The van der Waals surface area contributed by atoms with E-state index in [0.29, 0.717) is 12.2 Å². The molecule has 0 bridgehead atoms. The second-order valence-electron chi connectivity index (χ2n) is 2.11. The summed E-state index contributed by atoms with van der Waals surface area (Å²) in [5, 5.41) is 0. The van der Waals surface area contributed by atoms with Crippen LogP contribution in [0.5, 0.6) is 0 Å². The number of ether oxygens (including phenoxy) is 1. The number of hydrogen-bond donors (Lipinski definition) is 0. The van der Waals surface area contributed by atoms with Gasteiger partial charge in [-0.3, -0.25) is 4.79 Å². The summed E-state index contributed by atoms with van der Waals surface area (Å²) in [6, 6.07) is 0. The van der Waals surface area contributed by atoms with Gasteiger partial charge in [0.05, 0.1) is 0 Å². The van der Waals surface area contributed by atoms with Gasteiger partial charge < -0.3 is 4.74 Å². The van der Waals surface area contributed by atoms with Crippen LogP contribution in [0.4, 0.5) is 0 Å². The molecule has 0 spiro atoms. The molecule has 1 atom stereocenters. The lowest BCUT2D eigenvalue weighted by Gasteiger charge is -1.88. The Bertz CT molecular complexity index is 229. The molecule has 0 amide bonds. The van der Waals surface area contributed by atoms with Crippen LogP contribution in [-0.2, 0) is 9.53 Å². The van der Waals surface area contributed by atoms with Gasteiger partial charge in [-0.2, -0.15) is 0 Å². The topological polar surface area (TPSA) is 26.3 Å². The first-order valence-corrected chi connectivity index (χ1v) is 3.06. The molecule has 0 N–H and O–H groups in total. The normalized spacial score (nSPS) is 23.5. The third-order valence-corrected chi connectivity index (χ3v) is 1.28. The van der Waals surface area contributed by atoms with Gasteiger partial charge in [-0.25, -0.2) is 0 Å². The van der Waals surface area contributed by atoms with E-state index < -0.39 is 0 Å². The highest BCUT2D eigenvalue weighted by Crippen LogP contribution is 2.21. The van der Waals surface area contributed by atoms with Gasteiger partial charge in [0.25, 0.3) is 0 Å². The second kappa shape index (κ2) is 2.57. The summed E-state index contributed by atoms with van der Waals surface area (Å²) in [6.07, 6.45) is 0.555. The van der Waals surface area contributed by atoms with E-state index in [-0.39, 0.29) is 11.9 Å². The largest absolute Gasteiger partial charge is 0.431 e. The Morgan fingerprint density at radius 2 is 2.50 bits per heavy atom. The number of carbonyl (C=O) groups excluding carboxylic acids is 1. The molecule has 1 saturated heterocycles. The molecule has 1 unspecified atom stereocenters. The molecule has 1 heterocycles. The lowest BCUT2D eigenvalue weighted by atomic mass is 10.1. The molecule has 1 fully saturated rings. The van der Waals surface area contributed by atoms with Crippen LogP contribution in [0.15, 0.2) is 12.3 Å². The summed E-state index contributed by atoms with van der Waals surface area (Å²) in [4.78, 5) is 10.8. The van der Waals surface area contributed by atoms with Crippen LogP contribution in [0.2, 0.25) is 0 Å². The standard InChI is InChI=1S/C8H8O2/c1-3-4-7-5-6(2)10-8(7)9/h7H,2,5H2,1H3. The minimum atomic E-state index is -0.266. The zero-order chi connectivity index (χ0) is 7.56. The zero-order valence-electron chi connectivity index (χ0n) is 5.81. The summed E-state index contributed by atoms with van der Waals surface area (Å²) in [7, 11) is 0. The van der Waals surface area contributed by atoms with Crippen LogP contribution >= 0.6 is 0 Å². The molecular weight excluding hydrogens is 128 g/mol. The smallest absolute Gasteiger partial charge is 0.326 e. The average molecular weight is 136 g/mol. The molecule has 52 valence electrons. The highest BCUT2D eigenvalue weighted by Gasteiger charge is 2.27. The van der Waals surface area contributed by atoms with Crippen LogP contribution in [0.3, 0.4) is 0 Å². The highest BCUT2D eigenvalue weighted by atomic mass is 16.5. The van der Waals surface area contributed by atoms with Crippen molar-refractivity contribution in [2.75, 3.05) is 0 Å². The minimum absolute atomic E-state index is 0.264. The summed E-state index contributed by atoms with van der Waals surface area (Å²) in [5.74, 6) is 5.40. The molecule has 1 aliphatic rings. The first-order valence-electron chi connectivity index (χ1n) is 3.06. The van der Waals surface area contributed by atoms with Crippen molar-refractivity contribution < 1.29 is 9.53 Å². The van der Waals surface area contributed by atoms with Crippen LogP contribution in [-0.4, -0.2) is 5.97 Å². The number of allylic oxidation sites excluding steroid dienone is 1. The van der Waals surface area contributed by atoms with Crippen LogP contribution in [0, 0.1) is 17.8 Å². The number of rotatable bonds is 0. The third-order valence-electron chi connectivity index (χ3n) is 1.28. The van der Waals surface area contributed by atoms with E-state index in [1.807, 2.05) is 0 Å². The third kappa shape index (κ3) is 1.19. The SMILES string of the molecule is C=C1CC(C#CC)C(=O)O1. The lowest BCUT2D eigenvalue weighted by molar-refractivity contribution is -0.137. The lowest BCUT2D eigenvalue weighted by Crippen LogP contribution is -2.03. The molecule has 1 rings (SSSR count). The first-order chi connectivity index (χ1) is 4.74. The van der Waals surface area contributed by atoms with E-state index in [4.69, 9.17) is 4.74 Å². The van der Waals surface area contributed by atoms with Gasteiger partial charge >= 0.3 is 5.97 Å². The predicted octanol–water partition coefficient (Wildman–Crippen LogP) is 1.09. The van der Waals surface area contributed by atoms with Gasteiger partial charge in [-0.1, -0.05) is 12.5 Å². The molecule has 10 heavy (non-hydrogen) atoms. The van der Waals surface area contributed by atoms with Gasteiger partial charge in [-0.15, -0.1) is 5.92 Å². The molecule has 0 aliphatic carbocycles. The fourth-order valence-electron chi connectivity index (χ4n) is 0.850. The van der Waals surface area contributed by atoms with Crippen molar-refractivity contribution in [3.05, 3.63) is 12.3 Å². The molecule has 0 aromatic heterocycles. The summed E-state index contributed by atoms with van der Waals surface area (Å²) < 4.78 is 4.69. The monoisotopic (exact) mass is 136 g/mol. The zero-order valence-corrected chi connectivity index (χ0v) is 5.81. The number of hydrogen-bond acceptors (Lipinski definition) is 2. The van der Waals surface area contributed by atoms with E-state index in [2.05, 4.69) is 18.4 Å². The van der Waals surface area contributed by atoms with E-state index in [0.717, 1.165) is 0 Å². The Balaban J connectivity index is 2.69. The van der Waals surface area contributed by atoms with Gasteiger partial charge in [-0.05, 0) is 6.92 Å². The summed E-state index contributed by atoms with van der Waals surface area (Å²) >= 11 is 0. The van der Waals surface area contributed by atoms with Crippen molar-refractivity contribution in [1.82, 2.24) is 0 Å². The maximum Gasteiger partial charge on any atom is 0.326 e. The number of carbonyl (C=O) groups is 1. The Hall–Kier alpha value is -1.23. The van der Waals surface area contributed by atoms with Crippen molar-refractivity contribution in [1.29, 1.82) is 0 Å². The maximum atomic E-state index is 10.8. The van der Waals surface area contributed by atoms with Crippen LogP contribution < -0.4 is 0 Å². The fraction of sp³-hybridized carbons (Fsp3) is 0.375. The number of esters is 1. The van der Waals surface area contributed by atoms with Gasteiger partial charge in [0.15, 0.2) is 0 Å². The number of cyclic esters (lactones) is 1. The van der Waals surface area contributed by atoms with E-state index in [9.17, 15) is 4.79 Å². The van der Waals surface area contributed by atoms with Crippen molar-refractivity contribution >= 4 is 5.97 Å². The Kier molecular flexibility index (Phi) is 1.77. The molecule has 2 nitrogen and oxygen atoms in total. The molecule has 1 aliphatic heterocycles. The van der Waals surface area contributed by atoms with E-state index in [1.54, 1.807) is 6.92 Å². The summed E-state index contributed by atoms with van der Waals surface area (Å²) in [5.41, 5.74) is 0. The molecule has 0 saturated carbocycles. The van der Waals surface area contributed by atoms with Gasteiger partial charge in [0.1, 0.15) is 11.7 Å². The Morgan fingerprint density at radius 3 is 2.90 bits per heavy atom. The fourth-order valence-corrected chi connectivity index (χ4v) is 0.850. The molecule has 2 heteroatoms. The van der Waals surface area contributed by atoms with Crippen LogP contribution in [0.25, 0.3) is 0 Å². The summed E-state index contributed by atoms with van der Waals surface area (Å²) in [6.45, 7) is 5.23. The minimum Gasteiger partial charge on any atom is -0.431 e. The van der Waals surface area contributed by atoms with Crippen molar-refractivity contribution in [2.45, 2.75) is 13.3 Å². The van der Waals surface area contributed by atoms with E-state index >= 15 is 0 Å². The molecule has 0 aromatic rings. The predicted molar refractivity (Wildman–Crippen MR) is 36.8 cm³/mol. The van der Waals surface area contributed by atoms with Crippen LogP contribution in [0.1, 0.15) is 13.3 Å². The van der Waals surface area contributed by atoms with E-state index in [1.165, 1.54) is 0 Å². The quantitative estimate of drug-likeness (QED) is 0.368. The average Bonchev–Trinajstić information content (AvgIpc) is 2.13. The molecular formula is C8H8O2. The highest BCUT2D eigenvalue weighted by molar-refractivity contribution is 5.79. The van der Waals surface area contributed by atoms with Gasteiger partial charge in [0.2, 0.25) is 0 Å². The second-order valence-corrected chi connectivity index (χ2v) is 2.11. The Morgan fingerprint density at radius 1 is 1.80 bits per heavy atom. The first kappa shape index (κ1) is 6.88. The van der Waals surface area contributed by atoms with Gasteiger partial charge in [0, 0.05) is 6.42 Å². The Labute approximate surface area is 59.9 Å². The van der Waals surface area contributed by atoms with Crippen molar-refractivity contribution in [3.8, 4) is 11.8 Å². The molecule has 0 aromatic carbocycles.